The topological polar surface area (TPSA) is 12.0 Å². The Morgan fingerprint density at radius 3 is 2.16 bits per heavy atom. The maximum atomic E-state index is 3.61. The standard InChI is InChI=1S/C16H17Br2N/c1-10-8-13(17)9-11(2)16(10)19-12(3)14-6-4-5-7-15(14)18/h4-9,12,19H,1-3H3. The quantitative estimate of drug-likeness (QED) is 0.686. The van der Waals surface area contributed by atoms with Crippen molar-refractivity contribution < 1.29 is 0 Å². The van der Waals surface area contributed by atoms with Crippen LogP contribution in [0.15, 0.2) is 45.3 Å². The highest BCUT2D eigenvalue weighted by molar-refractivity contribution is 9.10. The average Bonchev–Trinajstić information content (AvgIpc) is 2.34. The van der Waals surface area contributed by atoms with Gasteiger partial charge < -0.3 is 5.32 Å². The Morgan fingerprint density at radius 2 is 1.58 bits per heavy atom. The molecule has 1 unspecified atom stereocenters. The summed E-state index contributed by atoms with van der Waals surface area (Å²) in [5, 5.41) is 3.61. The van der Waals surface area contributed by atoms with E-state index in [1.54, 1.807) is 0 Å². The molecule has 1 N–H and O–H groups in total. The van der Waals surface area contributed by atoms with Crippen molar-refractivity contribution in [2.75, 3.05) is 5.32 Å². The van der Waals surface area contributed by atoms with Crippen LogP contribution >= 0.6 is 31.9 Å². The summed E-state index contributed by atoms with van der Waals surface area (Å²) in [4.78, 5) is 0. The lowest BCUT2D eigenvalue weighted by molar-refractivity contribution is 0.874. The van der Waals surface area contributed by atoms with Crippen LogP contribution in [0.5, 0.6) is 0 Å². The molecule has 0 bridgehead atoms. The number of benzene rings is 2. The zero-order valence-corrected chi connectivity index (χ0v) is 14.5. The van der Waals surface area contributed by atoms with Gasteiger partial charge in [-0.2, -0.15) is 0 Å². The molecular weight excluding hydrogens is 366 g/mol. The molecule has 2 aromatic carbocycles. The summed E-state index contributed by atoms with van der Waals surface area (Å²) < 4.78 is 2.27. The van der Waals surface area contributed by atoms with Crippen LogP contribution < -0.4 is 5.32 Å². The van der Waals surface area contributed by atoms with E-state index in [9.17, 15) is 0 Å². The summed E-state index contributed by atoms with van der Waals surface area (Å²) in [6, 6.07) is 12.9. The van der Waals surface area contributed by atoms with E-state index < -0.39 is 0 Å². The molecule has 0 heterocycles. The van der Waals surface area contributed by atoms with Crippen molar-refractivity contribution in [2.45, 2.75) is 26.8 Å². The van der Waals surface area contributed by atoms with Gasteiger partial charge >= 0.3 is 0 Å². The second-order valence-corrected chi connectivity index (χ2v) is 6.57. The van der Waals surface area contributed by atoms with Gasteiger partial charge in [0.1, 0.15) is 0 Å². The number of nitrogens with one attached hydrogen (secondary N) is 1. The van der Waals surface area contributed by atoms with Crippen LogP contribution in [0.3, 0.4) is 0 Å². The van der Waals surface area contributed by atoms with Gasteiger partial charge in [0.05, 0.1) is 0 Å². The van der Waals surface area contributed by atoms with E-state index in [-0.39, 0.29) is 6.04 Å². The minimum atomic E-state index is 0.258. The van der Waals surface area contributed by atoms with Crippen molar-refractivity contribution in [3.05, 3.63) is 62.0 Å². The molecule has 19 heavy (non-hydrogen) atoms. The second kappa shape index (κ2) is 6.10. The highest BCUT2D eigenvalue weighted by atomic mass is 79.9. The van der Waals surface area contributed by atoms with Gasteiger partial charge in [-0.15, -0.1) is 0 Å². The molecule has 0 saturated heterocycles. The number of hydrogen-bond donors (Lipinski definition) is 1. The number of hydrogen-bond acceptors (Lipinski definition) is 1. The smallest absolute Gasteiger partial charge is 0.0497 e. The van der Waals surface area contributed by atoms with Crippen LogP contribution in [0.2, 0.25) is 0 Å². The van der Waals surface area contributed by atoms with Crippen molar-refractivity contribution in [2.24, 2.45) is 0 Å². The number of halogens is 2. The monoisotopic (exact) mass is 381 g/mol. The van der Waals surface area contributed by atoms with Gasteiger partial charge in [0.15, 0.2) is 0 Å². The minimum Gasteiger partial charge on any atom is -0.378 e. The summed E-state index contributed by atoms with van der Waals surface area (Å²) >= 11 is 7.15. The maximum absolute atomic E-state index is 3.61. The van der Waals surface area contributed by atoms with E-state index in [1.165, 1.54) is 22.4 Å². The summed E-state index contributed by atoms with van der Waals surface area (Å²) in [5.74, 6) is 0. The molecule has 100 valence electrons. The lowest BCUT2D eigenvalue weighted by Crippen LogP contribution is -2.09. The highest BCUT2D eigenvalue weighted by Gasteiger charge is 2.11. The van der Waals surface area contributed by atoms with Crippen LogP contribution in [0, 0.1) is 13.8 Å². The van der Waals surface area contributed by atoms with Gasteiger partial charge in [-0.1, -0.05) is 50.1 Å². The summed E-state index contributed by atoms with van der Waals surface area (Å²) in [7, 11) is 0. The number of anilines is 1. The SMILES string of the molecule is Cc1cc(Br)cc(C)c1NC(C)c1ccccc1Br. The van der Waals surface area contributed by atoms with Gasteiger partial charge in [-0.3, -0.25) is 0 Å². The lowest BCUT2D eigenvalue weighted by atomic mass is 10.1. The molecule has 3 heteroatoms. The fraction of sp³-hybridized carbons (Fsp3) is 0.250. The van der Waals surface area contributed by atoms with Gasteiger partial charge in [0, 0.05) is 20.7 Å². The average molecular weight is 383 g/mol. The van der Waals surface area contributed by atoms with Gasteiger partial charge in [-0.25, -0.2) is 0 Å². The van der Waals surface area contributed by atoms with E-state index in [4.69, 9.17) is 0 Å². The molecule has 0 aliphatic heterocycles. The fourth-order valence-electron chi connectivity index (χ4n) is 2.26. The van der Waals surface area contributed by atoms with E-state index in [0.29, 0.717) is 0 Å². The molecule has 1 nitrogen and oxygen atoms in total. The largest absolute Gasteiger partial charge is 0.378 e. The third-order valence-electron chi connectivity index (χ3n) is 3.23. The summed E-state index contributed by atoms with van der Waals surface area (Å²) in [5.41, 5.74) is 4.99. The Balaban J connectivity index is 2.29. The van der Waals surface area contributed by atoms with Crippen molar-refractivity contribution in [3.63, 3.8) is 0 Å². The zero-order valence-electron chi connectivity index (χ0n) is 11.3. The van der Waals surface area contributed by atoms with Crippen LogP contribution in [0.25, 0.3) is 0 Å². The summed E-state index contributed by atoms with van der Waals surface area (Å²) in [6.07, 6.45) is 0. The second-order valence-electron chi connectivity index (χ2n) is 4.80. The first-order valence-corrected chi connectivity index (χ1v) is 7.85. The molecule has 0 spiro atoms. The van der Waals surface area contributed by atoms with E-state index in [1.807, 2.05) is 6.07 Å². The van der Waals surface area contributed by atoms with E-state index in [0.717, 1.165) is 8.95 Å². The fourth-order valence-corrected chi connectivity index (χ4v) is 3.57. The highest BCUT2D eigenvalue weighted by Crippen LogP contribution is 2.30. The van der Waals surface area contributed by atoms with Crippen LogP contribution in [0.1, 0.15) is 29.7 Å². The first-order chi connectivity index (χ1) is 8.99. The molecule has 1 atom stereocenters. The maximum Gasteiger partial charge on any atom is 0.0497 e. The van der Waals surface area contributed by atoms with E-state index in [2.05, 4.69) is 88.3 Å². The third-order valence-corrected chi connectivity index (χ3v) is 4.41. The first-order valence-electron chi connectivity index (χ1n) is 6.26. The van der Waals surface area contributed by atoms with Crippen molar-refractivity contribution in [1.82, 2.24) is 0 Å². The Labute approximate surface area is 131 Å². The van der Waals surface area contributed by atoms with Crippen molar-refractivity contribution in [1.29, 1.82) is 0 Å². The molecule has 0 fully saturated rings. The van der Waals surface area contributed by atoms with Crippen molar-refractivity contribution >= 4 is 37.5 Å². The molecule has 2 aromatic rings. The molecule has 0 saturated carbocycles. The Kier molecular flexibility index (Phi) is 4.69. The molecular formula is C16H17Br2N. The molecule has 0 radical (unpaired) electrons. The Bertz CT molecular complexity index is 570. The van der Waals surface area contributed by atoms with E-state index >= 15 is 0 Å². The zero-order chi connectivity index (χ0) is 14.0. The molecule has 0 aliphatic rings. The normalized spacial score (nSPS) is 12.3. The molecule has 0 amide bonds. The predicted octanol–water partition coefficient (Wildman–Crippen LogP) is 6.00. The van der Waals surface area contributed by atoms with Crippen molar-refractivity contribution in [3.8, 4) is 0 Å². The number of aryl methyl sites for hydroxylation is 2. The van der Waals surface area contributed by atoms with Crippen LogP contribution in [-0.4, -0.2) is 0 Å². The first kappa shape index (κ1) is 14.6. The minimum absolute atomic E-state index is 0.258. The van der Waals surface area contributed by atoms with Gasteiger partial charge in [0.2, 0.25) is 0 Å². The molecule has 0 aromatic heterocycles. The summed E-state index contributed by atoms with van der Waals surface area (Å²) in [6.45, 7) is 6.45. The van der Waals surface area contributed by atoms with Crippen LogP contribution in [0.4, 0.5) is 5.69 Å². The predicted molar refractivity (Wildman–Crippen MR) is 89.8 cm³/mol. The Hall–Kier alpha value is -0.800. The Morgan fingerprint density at radius 1 is 1.00 bits per heavy atom. The molecule has 2 rings (SSSR count). The van der Waals surface area contributed by atoms with Gasteiger partial charge in [0.25, 0.3) is 0 Å². The lowest BCUT2D eigenvalue weighted by Gasteiger charge is -2.20. The number of rotatable bonds is 3. The third kappa shape index (κ3) is 3.40. The van der Waals surface area contributed by atoms with Crippen LogP contribution in [-0.2, 0) is 0 Å². The molecule has 0 aliphatic carbocycles. The van der Waals surface area contributed by atoms with Gasteiger partial charge in [-0.05, 0) is 55.7 Å².